The maximum absolute atomic E-state index is 12.7. The highest BCUT2D eigenvalue weighted by molar-refractivity contribution is 5.96. The highest BCUT2D eigenvalue weighted by Gasteiger charge is 2.81. The zero-order valence-electron chi connectivity index (χ0n) is 21.1. The molecule has 5 saturated carbocycles. The number of aliphatic hydroxyl groups excluding tert-OH is 1. The number of ketones is 1. The van der Waals surface area contributed by atoms with Gasteiger partial charge in [-0.2, -0.15) is 0 Å². The molecule has 0 bridgehead atoms. The molecule has 6 fully saturated rings. The van der Waals surface area contributed by atoms with E-state index in [4.69, 9.17) is 14.2 Å². The van der Waals surface area contributed by atoms with Gasteiger partial charge in [0, 0.05) is 41.8 Å². The maximum Gasteiger partial charge on any atom is 0.173 e. The van der Waals surface area contributed by atoms with Crippen molar-refractivity contribution < 1.29 is 24.1 Å². The molecule has 0 radical (unpaired) electrons. The van der Waals surface area contributed by atoms with Gasteiger partial charge in [0.05, 0.1) is 25.6 Å². The molecule has 33 heavy (non-hydrogen) atoms. The second kappa shape index (κ2) is 6.85. The number of hydrogen-bond donors (Lipinski definition) is 1. The Balaban J connectivity index is 1.39. The summed E-state index contributed by atoms with van der Waals surface area (Å²) in [4.78, 5) is 12.7. The van der Waals surface area contributed by atoms with Crippen molar-refractivity contribution in [2.75, 3.05) is 20.3 Å². The molecule has 2 unspecified atom stereocenters. The summed E-state index contributed by atoms with van der Waals surface area (Å²) in [6, 6.07) is 0. The third kappa shape index (κ3) is 2.63. The van der Waals surface area contributed by atoms with Crippen LogP contribution in [0.5, 0.6) is 0 Å². The maximum atomic E-state index is 12.7. The lowest BCUT2D eigenvalue weighted by Crippen LogP contribution is -2.58. The Hall–Kier alpha value is -0.910. The van der Waals surface area contributed by atoms with Crippen molar-refractivity contribution in [2.45, 2.75) is 91.0 Å². The summed E-state index contributed by atoms with van der Waals surface area (Å²) >= 11 is 0. The Morgan fingerprint density at radius 3 is 2.39 bits per heavy atom. The lowest BCUT2D eigenvalue weighted by Gasteiger charge is -2.55. The van der Waals surface area contributed by atoms with Crippen molar-refractivity contribution >= 4 is 5.78 Å². The van der Waals surface area contributed by atoms with E-state index in [0.717, 1.165) is 45.2 Å². The smallest absolute Gasteiger partial charge is 0.173 e. The standard InChI is InChI=1S/C28H42O5/c1-24(2)15-32-27(33-16-24)9-8-19-10-21-20-7-6-18-11-22(30)17(14-29)12-26(18,4)28(20,21)23(31-5)13-25(19,27)3/h14,18-21,23,29H,6-13,15-16H2,1-5H3/b17-14-/t18-,19-,20?,21?,23-,25-,26-,28-/m0/s1. The molecule has 6 aliphatic rings. The zero-order valence-corrected chi connectivity index (χ0v) is 21.1. The fourth-order valence-electron chi connectivity index (χ4n) is 10.00. The quantitative estimate of drug-likeness (QED) is 0.419. The first-order valence-electron chi connectivity index (χ1n) is 13.2. The van der Waals surface area contributed by atoms with Gasteiger partial charge in [0.15, 0.2) is 11.6 Å². The second-order valence-electron chi connectivity index (χ2n) is 13.6. The fraction of sp³-hybridized carbons (Fsp3) is 0.893. The van der Waals surface area contributed by atoms with Gasteiger partial charge in [-0.25, -0.2) is 0 Å². The van der Waals surface area contributed by atoms with E-state index in [0.29, 0.717) is 42.1 Å². The summed E-state index contributed by atoms with van der Waals surface area (Å²) in [6.45, 7) is 10.8. The topological polar surface area (TPSA) is 65.0 Å². The molecular formula is C28H42O5. The minimum atomic E-state index is -0.499. The highest BCUT2D eigenvalue weighted by Crippen LogP contribution is 2.83. The lowest BCUT2D eigenvalue weighted by atomic mass is 9.51. The Morgan fingerprint density at radius 2 is 1.73 bits per heavy atom. The number of Topliss-reactive ketones (excluding diaryl/α,β-unsaturated/α-hetero) is 1. The molecule has 1 aliphatic heterocycles. The molecule has 1 N–H and O–H groups in total. The Labute approximate surface area is 198 Å². The lowest BCUT2D eigenvalue weighted by molar-refractivity contribution is -0.344. The van der Waals surface area contributed by atoms with E-state index in [1.165, 1.54) is 12.8 Å². The van der Waals surface area contributed by atoms with E-state index < -0.39 is 5.79 Å². The molecule has 0 amide bonds. The van der Waals surface area contributed by atoms with Crippen LogP contribution in [0.2, 0.25) is 0 Å². The summed E-state index contributed by atoms with van der Waals surface area (Å²) in [6.07, 6.45) is 9.14. The van der Waals surface area contributed by atoms with Crippen molar-refractivity contribution in [2.24, 2.45) is 45.3 Å². The molecular weight excluding hydrogens is 416 g/mol. The molecule has 5 nitrogen and oxygen atoms in total. The number of methoxy groups -OCH3 is 1. The van der Waals surface area contributed by atoms with Crippen molar-refractivity contribution in [3.63, 3.8) is 0 Å². The number of hydrogen-bond acceptors (Lipinski definition) is 5. The van der Waals surface area contributed by atoms with Gasteiger partial charge in [0.1, 0.15) is 0 Å². The molecule has 0 aromatic carbocycles. The summed E-state index contributed by atoms with van der Waals surface area (Å²) in [5.41, 5.74) is 0.686. The van der Waals surface area contributed by atoms with Crippen LogP contribution in [-0.4, -0.2) is 43.1 Å². The van der Waals surface area contributed by atoms with Gasteiger partial charge in [-0.15, -0.1) is 0 Å². The first-order valence-corrected chi connectivity index (χ1v) is 13.2. The van der Waals surface area contributed by atoms with Crippen LogP contribution in [0.25, 0.3) is 0 Å². The summed E-state index contributed by atoms with van der Waals surface area (Å²) in [7, 11) is 1.90. The van der Waals surface area contributed by atoms with E-state index in [1.54, 1.807) is 0 Å². The number of rotatable bonds is 1. The Kier molecular flexibility index (Phi) is 4.68. The fourth-order valence-corrected chi connectivity index (χ4v) is 10.00. The largest absolute Gasteiger partial charge is 0.515 e. The van der Waals surface area contributed by atoms with Crippen LogP contribution in [0, 0.1) is 45.3 Å². The number of carbonyl (C=O) groups excluding carboxylic acids is 1. The third-order valence-electron chi connectivity index (χ3n) is 11.8. The molecule has 0 aromatic heterocycles. The number of allylic oxidation sites excluding steroid dienone is 1. The molecule has 1 saturated heterocycles. The predicted octanol–water partition coefficient (Wildman–Crippen LogP) is 5.43. The van der Waals surface area contributed by atoms with E-state index >= 15 is 0 Å². The van der Waals surface area contributed by atoms with Gasteiger partial charge in [-0.1, -0.05) is 27.7 Å². The monoisotopic (exact) mass is 458 g/mol. The van der Waals surface area contributed by atoms with Crippen LogP contribution in [-0.2, 0) is 19.0 Å². The minimum absolute atomic E-state index is 0.0117. The predicted molar refractivity (Wildman–Crippen MR) is 124 cm³/mol. The zero-order chi connectivity index (χ0) is 23.4. The van der Waals surface area contributed by atoms with E-state index in [2.05, 4.69) is 27.7 Å². The highest BCUT2D eigenvalue weighted by atomic mass is 16.7. The molecule has 5 aliphatic carbocycles. The van der Waals surface area contributed by atoms with Crippen molar-refractivity contribution in [1.29, 1.82) is 0 Å². The summed E-state index contributed by atoms with van der Waals surface area (Å²) in [5, 5.41) is 9.87. The number of ether oxygens (including phenoxy) is 3. The van der Waals surface area contributed by atoms with Crippen molar-refractivity contribution in [3.05, 3.63) is 11.8 Å². The minimum Gasteiger partial charge on any atom is -0.515 e. The Bertz CT molecular complexity index is 883. The van der Waals surface area contributed by atoms with Crippen LogP contribution < -0.4 is 0 Å². The molecule has 6 rings (SSSR count). The van der Waals surface area contributed by atoms with Gasteiger partial charge >= 0.3 is 0 Å². The average Bonchev–Trinajstić information content (AvgIpc) is 3.39. The van der Waals surface area contributed by atoms with Gasteiger partial charge in [-0.05, 0) is 67.6 Å². The van der Waals surface area contributed by atoms with E-state index in [9.17, 15) is 9.90 Å². The molecule has 1 heterocycles. The van der Waals surface area contributed by atoms with E-state index in [1.807, 2.05) is 7.11 Å². The Morgan fingerprint density at radius 1 is 1.00 bits per heavy atom. The molecule has 184 valence electrons. The van der Waals surface area contributed by atoms with Crippen LogP contribution in [0.1, 0.15) is 79.1 Å². The van der Waals surface area contributed by atoms with Gasteiger partial charge in [0.25, 0.3) is 0 Å². The molecule has 0 aromatic rings. The van der Waals surface area contributed by atoms with Crippen LogP contribution in [0.3, 0.4) is 0 Å². The summed E-state index contributed by atoms with van der Waals surface area (Å²) in [5.74, 6) is 1.91. The third-order valence-corrected chi connectivity index (χ3v) is 11.8. The number of carbonyl (C=O) groups is 1. The van der Waals surface area contributed by atoms with Gasteiger partial charge in [-0.3, -0.25) is 4.79 Å². The summed E-state index contributed by atoms with van der Waals surface area (Å²) < 4.78 is 19.8. The van der Waals surface area contributed by atoms with Gasteiger partial charge < -0.3 is 19.3 Å². The second-order valence-corrected chi connectivity index (χ2v) is 13.6. The SMILES string of the molecule is CO[C@H]1C[C@@]2(C)[C@@H](CCC23OCC(C)(C)CO3)CC2C3CC[C@H]4CC(=O)/C(=C\O)C[C@]4(C)[C@@]321. The van der Waals surface area contributed by atoms with Gasteiger partial charge in [0.2, 0.25) is 0 Å². The first-order chi connectivity index (χ1) is 15.6. The molecule has 2 spiro atoms. The van der Waals surface area contributed by atoms with Crippen molar-refractivity contribution in [3.8, 4) is 0 Å². The molecule has 5 heteroatoms. The van der Waals surface area contributed by atoms with Crippen LogP contribution >= 0.6 is 0 Å². The van der Waals surface area contributed by atoms with E-state index in [-0.39, 0.29) is 33.5 Å². The van der Waals surface area contributed by atoms with Crippen LogP contribution in [0.4, 0.5) is 0 Å². The molecule has 8 atom stereocenters. The number of fused-ring (bicyclic) bond motifs is 4. The number of aliphatic hydroxyl groups is 1. The normalized spacial score (nSPS) is 53.1. The first kappa shape index (κ1) is 22.5. The van der Waals surface area contributed by atoms with Crippen molar-refractivity contribution in [1.82, 2.24) is 0 Å². The average molecular weight is 459 g/mol. The van der Waals surface area contributed by atoms with Crippen LogP contribution in [0.15, 0.2) is 11.8 Å².